The highest BCUT2D eigenvalue weighted by Gasteiger charge is 2.14. The molecule has 10 heteroatoms. The van der Waals surface area contributed by atoms with Crippen LogP contribution in [-0.4, -0.2) is 39.6 Å². The van der Waals surface area contributed by atoms with Crippen molar-refractivity contribution < 1.29 is 13.9 Å². The molecular formula is C24H23ClFN5O2S. The van der Waals surface area contributed by atoms with Gasteiger partial charge in [-0.05, 0) is 46.3 Å². The van der Waals surface area contributed by atoms with Gasteiger partial charge in [-0.2, -0.15) is 4.68 Å². The predicted molar refractivity (Wildman–Crippen MR) is 130 cm³/mol. The van der Waals surface area contributed by atoms with Gasteiger partial charge >= 0.3 is 0 Å². The fraction of sp³-hybridized carbons (Fsp3) is 0.208. The molecule has 3 aromatic carbocycles. The molecule has 0 unspecified atom stereocenters. The van der Waals surface area contributed by atoms with Gasteiger partial charge in [0.05, 0.1) is 17.8 Å². The minimum absolute atomic E-state index is 0.0556. The molecule has 0 fully saturated rings. The lowest BCUT2D eigenvalue weighted by Crippen LogP contribution is -2.17. The minimum atomic E-state index is -0.325. The first kappa shape index (κ1) is 24.0. The average Bonchev–Trinajstić information content (AvgIpc) is 3.33. The van der Waals surface area contributed by atoms with Gasteiger partial charge in [-0.3, -0.25) is 0 Å². The molecule has 0 amide bonds. The van der Waals surface area contributed by atoms with Crippen LogP contribution in [0.2, 0.25) is 5.02 Å². The summed E-state index contributed by atoms with van der Waals surface area (Å²) in [5, 5.41) is 16.5. The summed E-state index contributed by atoms with van der Waals surface area (Å²) in [6.45, 7) is 1.38. The van der Waals surface area contributed by atoms with Gasteiger partial charge in [-0.25, -0.2) is 4.39 Å². The molecule has 176 valence electrons. The van der Waals surface area contributed by atoms with Gasteiger partial charge < -0.3 is 14.8 Å². The van der Waals surface area contributed by atoms with Crippen molar-refractivity contribution in [1.82, 2.24) is 25.5 Å². The topological polar surface area (TPSA) is 74.1 Å². The second-order valence-corrected chi connectivity index (χ2v) is 8.69. The van der Waals surface area contributed by atoms with Gasteiger partial charge in [0.1, 0.15) is 12.4 Å². The summed E-state index contributed by atoms with van der Waals surface area (Å²) in [6.07, 6.45) is 0. The fourth-order valence-corrected chi connectivity index (χ4v) is 4.30. The lowest BCUT2D eigenvalue weighted by Gasteiger charge is -2.15. The number of methoxy groups -OCH3 is 1. The van der Waals surface area contributed by atoms with E-state index in [0.717, 1.165) is 28.7 Å². The van der Waals surface area contributed by atoms with Crippen LogP contribution in [0.4, 0.5) is 4.39 Å². The quantitative estimate of drug-likeness (QED) is 0.232. The van der Waals surface area contributed by atoms with Crippen molar-refractivity contribution in [2.24, 2.45) is 0 Å². The molecular weight excluding hydrogens is 477 g/mol. The zero-order chi connectivity index (χ0) is 23.8. The van der Waals surface area contributed by atoms with Crippen molar-refractivity contribution in [3.8, 4) is 17.2 Å². The highest BCUT2D eigenvalue weighted by Crippen LogP contribution is 2.37. The van der Waals surface area contributed by atoms with E-state index in [9.17, 15) is 4.39 Å². The van der Waals surface area contributed by atoms with Crippen molar-refractivity contribution in [3.63, 3.8) is 0 Å². The third-order valence-corrected chi connectivity index (χ3v) is 6.10. The number of rotatable bonds is 11. The van der Waals surface area contributed by atoms with Crippen LogP contribution in [0.15, 0.2) is 71.9 Å². The monoisotopic (exact) mass is 499 g/mol. The zero-order valence-electron chi connectivity index (χ0n) is 18.4. The number of thioether (sulfide) groups is 1. The number of halogens is 2. The number of benzene rings is 3. The maximum atomic E-state index is 13.9. The molecule has 0 saturated carbocycles. The smallest absolute Gasteiger partial charge is 0.214 e. The Morgan fingerprint density at radius 1 is 1.09 bits per heavy atom. The van der Waals surface area contributed by atoms with Crippen LogP contribution >= 0.6 is 23.4 Å². The van der Waals surface area contributed by atoms with Gasteiger partial charge in [-0.15, -0.1) is 5.10 Å². The van der Waals surface area contributed by atoms with E-state index in [1.54, 1.807) is 41.8 Å². The van der Waals surface area contributed by atoms with Crippen LogP contribution in [0.1, 0.15) is 11.1 Å². The Morgan fingerprint density at radius 3 is 2.68 bits per heavy atom. The second kappa shape index (κ2) is 11.8. The van der Waals surface area contributed by atoms with E-state index in [0.29, 0.717) is 28.6 Å². The van der Waals surface area contributed by atoms with Crippen molar-refractivity contribution in [3.05, 3.63) is 88.7 Å². The third kappa shape index (κ3) is 6.05. The highest BCUT2D eigenvalue weighted by molar-refractivity contribution is 7.99. The number of aromatic nitrogens is 4. The zero-order valence-corrected chi connectivity index (χ0v) is 20.0. The molecule has 1 N–H and O–H groups in total. The molecule has 0 aliphatic rings. The number of para-hydroxylation sites is 1. The van der Waals surface area contributed by atoms with E-state index in [-0.39, 0.29) is 12.4 Å². The predicted octanol–water partition coefficient (Wildman–Crippen LogP) is 4.92. The SMILES string of the molecule is COc1cc(CNCCSc2nnnn2-c2ccccc2)cc(Cl)c1OCc1ccccc1F. The Balaban J connectivity index is 1.30. The Labute approximate surface area is 206 Å². The largest absolute Gasteiger partial charge is 0.493 e. The van der Waals surface area contributed by atoms with E-state index in [4.69, 9.17) is 21.1 Å². The summed E-state index contributed by atoms with van der Waals surface area (Å²) in [5.41, 5.74) is 2.31. The van der Waals surface area contributed by atoms with Crippen LogP contribution in [0.25, 0.3) is 5.69 Å². The molecule has 0 spiro atoms. The Bertz CT molecular complexity index is 1230. The minimum Gasteiger partial charge on any atom is -0.493 e. The number of tetrazole rings is 1. The van der Waals surface area contributed by atoms with E-state index in [2.05, 4.69) is 20.8 Å². The number of nitrogens with zero attached hydrogens (tertiary/aromatic N) is 4. The van der Waals surface area contributed by atoms with Gasteiger partial charge in [0.15, 0.2) is 11.5 Å². The summed E-state index contributed by atoms with van der Waals surface area (Å²) >= 11 is 8.01. The molecule has 34 heavy (non-hydrogen) atoms. The van der Waals surface area contributed by atoms with E-state index >= 15 is 0 Å². The second-order valence-electron chi connectivity index (χ2n) is 7.22. The molecule has 0 radical (unpaired) electrons. The summed E-state index contributed by atoms with van der Waals surface area (Å²) in [5.74, 6) is 1.34. The molecule has 4 rings (SSSR count). The Hall–Kier alpha value is -3.14. The fourth-order valence-electron chi connectivity index (χ4n) is 3.23. The average molecular weight is 500 g/mol. The van der Waals surface area contributed by atoms with E-state index in [1.165, 1.54) is 6.07 Å². The summed E-state index contributed by atoms with van der Waals surface area (Å²) in [7, 11) is 1.55. The summed E-state index contributed by atoms with van der Waals surface area (Å²) < 4.78 is 26.8. The lowest BCUT2D eigenvalue weighted by atomic mass is 10.2. The first-order valence-corrected chi connectivity index (χ1v) is 11.9. The van der Waals surface area contributed by atoms with Crippen molar-refractivity contribution in [1.29, 1.82) is 0 Å². The molecule has 0 aliphatic carbocycles. The molecule has 1 heterocycles. The van der Waals surface area contributed by atoms with Gasteiger partial charge in [0.25, 0.3) is 0 Å². The number of nitrogens with one attached hydrogen (secondary N) is 1. The maximum absolute atomic E-state index is 13.9. The first-order valence-electron chi connectivity index (χ1n) is 10.6. The molecule has 0 aliphatic heterocycles. The maximum Gasteiger partial charge on any atom is 0.214 e. The lowest BCUT2D eigenvalue weighted by molar-refractivity contribution is 0.279. The summed E-state index contributed by atoms with van der Waals surface area (Å²) in [4.78, 5) is 0. The van der Waals surface area contributed by atoms with Crippen molar-refractivity contribution in [2.75, 3.05) is 19.4 Å². The number of ether oxygens (including phenoxy) is 2. The molecule has 0 bridgehead atoms. The molecule has 0 saturated heterocycles. The Kier molecular flexibility index (Phi) is 8.35. The molecule has 0 atom stereocenters. The summed E-state index contributed by atoms with van der Waals surface area (Å²) in [6, 6.07) is 19.9. The van der Waals surface area contributed by atoms with Crippen LogP contribution in [0.5, 0.6) is 11.5 Å². The van der Waals surface area contributed by atoms with Crippen molar-refractivity contribution in [2.45, 2.75) is 18.3 Å². The number of hydrogen-bond donors (Lipinski definition) is 1. The molecule has 7 nitrogen and oxygen atoms in total. The standard InChI is InChI=1S/C24H23ClFN5O2S/c1-32-22-14-17(13-20(25)23(22)33-16-18-7-5-6-10-21(18)26)15-27-11-12-34-24-28-29-30-31(24)19-8-3-2-4-9-19/h2-10,13-14,27H,11-12,15-16H2,1H3. The van der Waals surface area contributed by atoms with Crippen LogP contribution in [-0.2, 0) is 13.2 Å². The first-order chi connectivity index (χ1) is 16.7. The molecule has 1 aromatic heterocycles. The van der Waals surface area contributed by atoms with E-state index in [1.807, 2.05) is 42.5 Å². The Morgan fingerprint density at radius 2 is 1.88 bits per heavy atom. The highest BCUT2D eigenvalue weighted by atomic mass is 35.5. The van der Waals surface area contributed by atoms with Gasteiger partial charge in [0.2, 0.25) is 5.16 Å². The van der Waals surface area contributed by atoms with Crippen LogP contribution < -0.4 is 14.8 Å². The number of hydrogen-bond acceptors (Lipinski definition) is 7. The normalized spacial score (nSPS) is 10.9. The van der Waals surface area contributed by atoms with E-state index < -0.39 is 0 Å². The van der Waals surface area contributed by atoms with Gasteiger partial charge in [-0.1, -0.05) is 59.8 Å². The molecule has 4 aromatic rings. The van der Waals surface area contributed by atoms with Gasteiger partial charge in [0, 0.05) is 24.4 Å². The van der Waals surface area contributed by atoms with Crippen LogP contribution in [0.3, 0.4) is 0 Å². The van der Waals surface area contributed by atoms with Crippen LogP contribution in [0, 0.1) is 5.82 Å². The third-order valence-electron chi connectivity index (χ3n) is 4.90. The van der Waals surface area contributed by atoms with Crippen molar-refractivity contribution >= 4 is 23.4 Å².